The number of nitrogens with one attached hydrogen (secondary N) is 1. The minimum atomic E-state index is -0.932. The lowest BCUT2D eigenvalue weighted by Gasteiger charge is -2.29. The van der Waals surface area contributed by atoms with E-state index in [2.05, 4.69) is 5.32 Å². The second-order valence-corrected chi connectivity index (χ2v) is 4.81. The smallest absolute Gasteiger partial charge is 0.273 e. The molecule has 0 heterocycles. The summed E-state index contributed by atoms with van der Waals surface area (Å²) in [5.41, 5.74) is -1.60. The number of nitro benzene ring substituents is 1. The Morgan fingerprint density at radius 1 is 1.47 bits per heavy atom. The van der Waals surface area contributed by atoms with Crippen LogP contribution in [0.25, 0.3) is 0 Å². The molecule has 0 fully saturated rings. The van der Waals surface area contributed by atoms with E-state index in [1.807, 2.05) is 0 Å². The molecule has 104 valence electrons. The molecule has 1 rings (SSSR count). The number of benzene rings is 1. The summed E-state index contributed by atoms with van der Waals surface area (Å²) >= 11 is 0. The van der Waals surface area contributed by atoms with Crippen molar-refractivity contribution < 1.29 is 19.2 Å². The number of nitro groups is 1. The number of carbonyl (C=O) groups excluding carboxylic acids is 1. The monoisotopic (exact) mass is 270 g/mol. The van der Waals surface area contributed by atoms with Gasteiger partial charge in [-0.25, -0.2) is 4.39 Å². The van der Waals surface area contributed by atoms with Gasteiger partial charge in [-0.05, 0) is 26.8 Å². The molecular weight excluding hydrogens is 255 g/mol. The van der Waals surface area contributed by atoms with Gasteiger partial charge in [-0.2, -0.15) is 0 Å². The van der Waals surface area contributed by atoms with Crippen LogP contribution in [0.15, 0.2) is 18.2 Å². The highest BCUT2D eigenvalue weighted by Crippen LogP contribution is 2.17. The van der Waals surface area contributed by atoms with E-state index < -0.39 is 34.0 Å². The largest absolute Gasteiger partial charge is 0.391 e. The predicted octanol–water partition coefficient (Wildman–Crippen LogP) is 1.62. The molecule has 0 aliphatic rings. The molecule has 2 N–H and O–H groups in total. The standard InChI is InChI=1S/C12H15FN2O4/c1-7(16)12(2,3)14-11(17)8-4-9(13)6-10(5-8)15(18)19/h4-7,16H,1-3H3,(H,14,17). The average molecular weight is 270 g/mol. The van der Waals surface area contributed by atoms with E-state index in [9.17, 15) is 24.4 Å². The Hall–Kier alpha value is -2.02. The van der Waals surface area contributed by atoms with E-state index in [-0.39, 0.29) is 5.56 Å². The Kier molecular flexibility index (Phi) is 4.21. The molecule has 0 saturated carbocycles. The number of non-ortho nitro benzene ring substituents is 1. The van der Waals surface area contributed by atoms with Crippen molar-refractivity contribution >= 4 is 11.6 Å². The van der Waals surface area contributed by atoms with E-state index in [1.54, 1.807) is 13.8 Å². The molecule has 0 bridgehead atoms. The molecule has 1 aromatic rings. The third kappa shape index (κ3) is 3.72. The molecule has 1 unspecified atom stereocenters. The van der Waals surface area contributed by atoms with E-state index in [1.165, 1.54) is 6.92 Å². The number of nitrogens with zero attached hydrogens (tertiary/aromatic N) is 1. The van der Waals surface area contributed by atoms with Gasteiger partial charge in [0.05, 0.1) is 22.6 Å². The van der Waals surface area contributed by atoms with Crippen LogP contribution in [-0.4, -0.2) is 27.6 Å². The summed E-state index contributed by atoms with van der Waals surface area (Å²) in [6.45, 7) is 4.67. The summed E-state index contributed by atoms with van der Waals surface area (Å²) in [7, 11) is 0. The summed E-state index contributed by atoms with van der Waals surface area (Å²) in [4.78, 5) is 21.7. The first-order chi connectivity index (χ1) is 8.63. The lowest BCUT2D eigenvalue weighted by molar-refractivity contribution is -0.385. The number of carbonyl (C=O) groups is 1. The molecule has 0 radical (unpaired) electrons. The molecule has 1 aromatic carbocycles. The zero-order valence-corrected chi connectivity index (χ0v) is 10.8. The first-order valence-corrected chi connectivity index (χ1v) is 5.59. The summed E-state index contributed by atoms with van der Waals surface area (Å²) in [5.74, 6) is -1.55. The van der Waals surface area contributed by atoms with E-state index in [4.69, 9.17) is 0 Å². The van der Waals surface area contributed by atoms with Crippen molar-refractivity contribution in [3.8, 4) is 0 Å². The van der Waals surface area contributed by atoms with E-state index >= 15 is 0 Å². The van der Waals surface area contributed by atoms with Crippen molar-refractivity contribution in [2.45, 2.75) is 32.4 Å². The number of rotatable bonds is 4. The maximum atomic E-state index is 13.2. The number of halogens is 1. The van der Waals surface area contributed by atoms with E-state index in [0.717, 1.165) is 18.2 Å². The number of hydrogen-bond donors (Lipinski definition) is 2. The van der Waals surface area contributed by atoms with Crippen molar-refractivity contribution in [2.24, 2.45) is 0 Å². The van der Waals surface area contributed by atoms with Gasteiger partial charge in [0.1, 0.15) is 5.82 Å². The quantitative estimate of drug-likeness (QED) is 0.642. The first kappa shape index (κ1) is 15.0. The first-order valence-electron chi connectivity index (χ1n) is 5.59. The van der Waals surface area contributed by atoms with Gasteiger partial charge in [0.15, 0.2) is 0 Å². The summed E-state index contributed by atoms with van der Waals surface area (Å²) < 4.78 is 13.2. The second kappa shape index (κ2) is 5.31. The summed E-state index contributed by atoms with van der Waals surface area (Å²) in [5, 5.41) is 22.6. The van der Waals surface area contributed by atoms with Gasteiger partial charge in [-0.3, -0.25) is 14.9 Å². The van der Waals surface area contributed by atoms with Crippen molar-refractivity contribution in [3.63, 3.8) is 0 Å². The molecule has 0 aliphatic heterocycles. The zero-order valence-electron chi connectivity index (χ0n) is 10.8. The van der Waals surface area contributed by atoms with Crippen LogP contribution in [-0.2, 0) is 0 Å². The van der Waals surface area contributed by atoms with Gasteiger partial charge in [-0.1, -0.05) is 0 Å². The van der Waals surface area contributed by atoms with Crippen molar-refractivity contribution in [1.82, 2.24) is 5.32 Å². The van der Waals surface area contributed by atoms with Gasteiger partial charge in [0, 0.05) is 11.6 Å². The topological polar surface area (TPSA) is 92.5 Å². The Morgan fingerprint density at radius 2 is 2.05 bits per heavy atom. The molecule has 1 atom stereocenters. The van der Waals surface area contributed by atoms with Crippen LogP contribution >= 0.6 is 0 Å². The van der Waals surface area contributed by atoms with Crippen molar-refractivity contribution in [3.05, 3.63) is 39.7 Å². The number of amides is 1. The maximum absolute atomic E-state index is 13.2. The molecule has 0 aromatic heterocycles. The number of aliphatic hydroxyl groups is 1. The Bertz CT molecular complexity index is 514. The van der Waals surface area contributed by atoms with Gasteiger partial charge in [0.2, 0.25) is 0 Å². The molecule has 19 heavy (non-hydrogen) atoms. The summed E-state index contributed by atoms with van der Waals surface area (Å²) in [6, 6.07) is 2.62. The van der Waals surface area contributed by atoms with Gasteiger partial charge in [0.25, 0.3) is 11.6 Å². The Labute approximate surface area is 109 Å². The molecule has 0 saturated heterocycles. The molecule has 0 spiro atoms. The Balaban J connectivity index is 3.04. The van der Waals surface area contributed by atoms with Crippen LogP contribution in [0.3, 0.4) is 0 Å². The fourth-order valence-corrected chi connectivity index (χ4v) is 1.28. The van der Waals surface area contributed by atoms with Crippen LogP contribution < -0.4 is 5.32 Å². The summed E-state index contributed by atoms with van der Waals surface area (Å²) in [6.07, 6.45) is -0.833. The highest BCUT2D eigenvalue weighted by molar-refractivity contribution is 5.95. The second-order valence-electron chi connectivity index (χ2n) is 4.81. The fraction of sp³-hybridized carbons (Fsp3) is 0.417. The predicted molar refractivity (Wildman–Crippen MR) is 66.3 cm³/mol. The minimum absolute atomic E-state index is 0.166. The van der Waals surface area contributed by atoms with Crippen LogP contribution in [0, 0.1) is 15.9 Å². The highest BCUT2D eigenvalue weighted by Gasteiger charge is 2.27. The molecular formula is C12H15FN2O4. The number of hydrogen-bond acceptors (Lipinski definition) is 4. The minimum Gasteiger partial charge on any atom is -0.391 e. The molecule has 6 nitrogen and oxygen atoms in total. The van der Waals surface area contributed by atoms with Crippen LogP contribution in [0.1, 0.15) is 31.1 Å². The molecule has 1 amide bonds. The fourth-order valence-electron chi connectivity index (χ4n) is 1.28. The lowest BCUT2D eigenvalue weighted by atomic mass is 9.98. The van der Waals surface area contributed by atoms with Crippen molar-refractivity contribution in [2.75, 3.05) is 0 Å². The van der Waals surface area contributed by atoms with Crippen LogP contribution in [0.5, 0.6) is 0 Å². The highest BCUT2D eigenvalue weighted by atomic mass is 19.1. The zero-order chi connectivity index (χ0) is 14.8. The lowest BCUT2D eigenvalue weighted by Crippen LogP contribution is -2.51. The molecule has 7 heteroatoms. The third-order valence-electron chi connectivity index (χ3n) is 2.84. The maximum Gasteiger partial charge on any atom is 0.273 e. The molecule has 0 aliphatic carbocycles. The SMILES string of the molecule is CC(O)C(C)(C)NC(=O)c1cc(F)cc([N+](=O)[O-])c1. The van der Waals surface area contributed by atoms with E-state index in [0.29, 0.717) is 0 Å². The van der Waals surface area contributed by atoms with Crippen LogP contribution in [0.4, 0.5) is 10.1 Å². The Morgan fingerprint density at radius 3 is 2.53 bits per heavy atom. The van der Waals surface area contributed by atoms with Crippen molar-refractivity contribution in [1.29, 1.82) is 0 Å². The third-order valence-corrected chi connectivity index (χ3v) is 2.84. The van der Waals surface area contributed by atoms with Gasteiger partial charge >= 0.3 is 0 Å². The normalized spacial score (nSPS) is 12.9. The average Bonchev–Trinajstić information content (AvgIpc) is 2.27. The van der Waals surface area contributed by atoms with Gasteiger partial charge in [-0.15, -0.1) is 0 Å². The van der Waals surface area contributed by atoms with Gasteiger partial charge < -0.3 is 10.4 Å². The number of aliphatic hydroxyl groups excluding tert-OH is 1. The van der Waals surface area contributed by atoms with Crippen LogP contribution in [0.2, 0.25) is 0 Å².